The lowest BCUT2D eigenvalue weighted by molar-refractivity contribution is -0.139. The minimum atomic E-state index is -1.02. The number of aromatic nitrogens is 1. The van der Waals surface area contributed by atoms with Crippen LogP contribution in [-0.2, 0) is 9.53 Å². The van der Waals surface area contributed by atoms with Crippen molar-refractivity contribution in [3.8, 4) is 34.6 Å². The first-order chi connectivity index (χ1) is 21.0. The zero-order valence-corrected chi connectivity index (χ0v) is 24.2. The Kier molecular flexibility index (Phi) is 10.2. The molecule has 1 N–H and O–H groups in total. The maximum Gasteiger partial charge on any atom is 0.341 e. The van der Waals surface area contributed by atoms with Crippen molar-refractivity contribution in [3.63, 3.8) is 0 Å². The highest BCUT2D eigenvalue weighted by molar-refractivity contribution is 5.80. The molecule has 0 aliphatic carbocycles. The molecule has 7 heteroatoms. The molecule has 0 unspecified atom stereocenters. The highest BCUT2D eigenvalue weighted by Crippen LogP contribution is 2.27. The molecular weight excluding hydrogens is 540 g/mol. The van der Waals surface area contributed by atoms with Gasteiger partial charge in [0.25, 0.3) is 0 Å². The lowest BCUT2D eigenvalue weighted by atomic mass is 9.97. The number of benzene rings is 3. The van der Waals surface area contributed by atoms with E-state index in [0.29, 0.717) is 18.1 Å². The van der Waals surface area contributed by atoms with Crippen molar-refractivity contribution >= 4 is 11.5 Å². The molecule has 1 saturated heterocycles. The van der Waals surface area contributed by atoms with Crippen LogP contribution in [0.3, 0.4) is 0 Å². The Morgan fingerprint density at radius 2 is 1.74 bits per heavy atom. The molecule has 218 valence electrons. The molecule has 1 fully saturated rings. The zero-order chi connectivity index (χ0) is 29.9. The van der Waals surface area contributed by atoms with Crippen molar-refractivity contribution < 1.29 is 24.1 Å². The van der Waals surface area contributed by atoms with Gasteiger partial charge >= 0.3 is 5.97 Å². The van der Waals surface area contributed by atoms with Crippen LogP contribution in [0.1, 0.15) is 22.3 Å². The lowest BCUT2D eigenvalue weighted by Crippen LogP contribution is -2.36. The molecule has 0 radical (unpaired) electrons. The highest BCUT2D eigenvalue weighted by atomic mass is 16.5. The molecule has 0 saturated carbocycles. The Hall–Kier alpha value is -4.90. The van der Waals surface area contributed by atoms with E-state index in [2.05, 4.69) is 34.9 Å². The van der Waals surface area contributed by atoms with E-state index in [1.54, 1.807) is 12.1 Å². The minimum absolute atomic E-state index is 0.325. The molecule has 0 atom stereocenters. The standard InChI is InChI=1S/C36H34N2O5/c1-27-24-32(14-16-35(27)43-26-36(39)40)42-21-17-33(31-13-15-34(37-25-31)30-7-3-2-4-8-30)29-11-9-28(10-12-29)6-5-18-38-19-22-41-23-20-38/h2-4,7-17,24-25H,18-23,26H2,1H3,(H,39,40). The SMILES string of the molecule is Cc1cc(OCC=C(c2ccc(C#CCN3CCOCC3)cc2)c2ccc(-c3ccccc3)nc2)ccc1OCC(=O)O. The number of rotatable bonds is 10. The Morgan fingerprint density at radius 3 is 2.44 bits per heavy atom. The van der Waals surface area contributed by atoms with Crippen LogP contribution in [0, 0.1) is 18.8 Å². The molecule has 43 heavy (non-hydrogen) atoms. The minimum Gasteiger partial charge on any atom is -0.489 e. The van der Waals surface area contributed by atoms with Gasteiger partial charge in [-0.2, -0.15) is 0 Å². The molecule has 1 aromatic heterocycles. The topological polar surface area (TPSA) is 81.1 Å². The quantitative estimate of drug-likeness (QED) is 0.243. The Balaban J connectivity index is 1.33. The summed E-state index contributed by atoms with van der Waals surface area (Å²) in [6.45, 7) is 5.90. The van der Waals surface area contributed by atoms with Gasteiger partial charge in [0.15, 0.2) is 6.61 Å². The van der Waals surface area contributed by atoms with Crippen molar-refractivity contribution in [2.75, 3.05) is 46.1 Å². The molecular formula is C36H34N2O5. The predicted octanol–water partition coefficient (Wildman–Crippen LogP) is 5.71. The van der Waals surface area contributed by atoms with Crippen LogP contribution in [0.15, 0.2) is 97.2 Å². The van der Waals surface area contributed by atoms with Crippen molar-refractivity contribution in [2.45, 2.75) is 6.92 Å². The first-order valence-electron chi connectivity index (χ1n) is 14.2. The summed E-state index contributed by atoms with van der Waals surface area (Å²) in [6.07, 6.45) is 3.94. The van der Waals surface area contributed by atoms with E-state index < -0.39 is 5.97 Å². The Labute approximate surface area is 252 Å². The van der Waals surface area contributed by atoms with E-state index in [0.717, 1.165) is 71.9 Å². The number of hydrogen-bond donors (Lipinski definition) is 1. The van der Waals surface area contributed by atoms with E-state index in [9.17, 15) is 4.79 Å². The zero-order valence-electron chi connectivity index (χ0n) is 24.2. The maximum absolute atomic E-state index is 10.8. The fourth-order valence-electron chi connectivity index (χ4n) is 4.72. The summed E-state index contributed by atoms with van der Waals surface area (Å²) in [7, 11) is 0. The summed E-state index contributed by atoms with van der Waals surface area (Å²) in [6, 6.07) is 27.8. The van der Waals surface area contributed by atoms with Crippen LogP contribution in [0.4, 0.5) is 0 Å². The fourth-order valence-corrected chi connectivity index (χ4v) is 4.72. The largest absolute Gasteiger partial charge is 0.489 e. The average Bonchev–Trinajstić information content (AvgIpc) is 3.04. The molecule has 7 nitrogen and oxygen atoms in total. The fraction of sp³-hybridized carbons (Fsp3) is 0.222. The van der Waals surface area contributed by atoms with E-state index in [-0.39, 0.29) is 6.61 Å². The van der Waals surface area contributed by atoms with E-state index in [1.807, 2.05) is 73.8 Å². The van der Waals surface area contributed by atoms with Gasteiger partial charge in [0, 0.05) is 36.0 Å². The van der Waals surface area contributed by atoms with Gasteiger partial charge < -0.3 is 19.3 Å². The van der Waals surface area contributed by atoms with E-state index in [4.69, 9.17) is 24.3 Å². The van der Waals surface area contributed by atoms with Crippen LogP contribution >= 0.6 is 0 Å². The summed E-state index contributed by atoms with van der Waals surface area (Å²) >= 11 is 0. The predicted molar refractivity (Wildman–Crippen MR) is 167 cm³/mol. The smallest absolute Gasteiger partial charge is 0.341 e. The first-order valence-corrected chi connectivity index (χ1v) is 14.2. The summed E-state index contributed by atoms with van der Waals surface area (Å²) in [5, 5.41) is 8.88. The number of aliphatic carboxylic acids is 1. The third-order valence-corrected chi connectivity index (χ3v) is 7.01. The van der Waals surface area contributed by atoms with Crippen LogP contribution in [-0.4, -0.2) is 67.0 Å². The third kappa shape index (κ3) is 8.55. The monoisotopic (exact) mass is 574 g/mol. The van der Waals surface area contributed by atoms with Crippen LogP contribution in [0.25, 0.3) is 16.8 Å². The van der Waals surface area contributed by atoms with Gasteiger partial charge in [-0.3, -0.25) is 9.88 Å². The van der Waals surface area contributed by atoms with Crippen LogP contribution in [0.5, 0.6) is 11.5 Å². The van der Waals surface area contributed by atoms with Crippen LogP contribution < -0.4 is 9.47 Å². The number of ether oxygens (including phenoxy) is 3. The summed E-state index contributed by atoms with van der Waals surface area (Å²) in [5.41, 5.74) is 6.74. The normalized spacial score (nSPS) is 13.6. The molecule has 0 bridgehead atoms. The number of nitrogens with zero attached hydrogens (tertiary/aromatic N) is 2. The Morgan fingerprint density at radius 1 is 0.977 bits per heavy atom. The highest BCUT2D eigenvalue weighted by Gasteiger charge is 2.10. The molecule has 0 amide bonds. The van der Waals surface area contributed by atoms with E-state index >= 15 is 0 Å². The van der Waals surface area contributed by atoms with Crippen LogP contribution in [0.2, 0.25) is 0 Å². The van der Waals surface area contributed by atoms with Gasteiger partial charge in [0.2, 0.25) is 0 Å². The molecule has 3 aromatic carbocycles. The third-order valence-electron chi connectivity index (χ3n) is 7.01. The number of carbonyl (C=O) groups is 1. The van der Waals surface area contributed by atoms with Gasteiger partial charge in [-0.1, -0.05) is 60.4 Å². The number of pyridine rings is 1. The van der Waals surface area contributed by atoms with Gasteiger partial charge in [-0.15, -0.1) is 0 Å². The second kappa shape index (κ2) is 14.8. The molecule has 1 aliphatic rings. The second-order valence-electron chi connectivity index (χ2n) is 10.1. The second-order valence-corrected chi connectivity index (χ2v) is 10.1. The van der Waals surface area contributed by atoms with Crippen molar-refractivity contribution in [1.29, 1.82) is 0 Å². The first kappa shape index (κ1) is 29.6. The van der Waals surface area contributed by atoms with E-state index in [1.165, 1.54) is 0 Å². The molecule has 4 aromatic rings. The Bertz CT molecular complexity index is 1600. The van der Waals surface area contributed by atoms with Crippen molar-refractivity contribution in [2.24, 2.45) is 0 Å². The number of hydrogen-bond acceptors (Lipinski definition) is 6. The lowest BCUT2D eigenvalue weighted by Gasteiger charge is -2.24. The molecule has 1 aliphatic heterocycles. The number of carboxylic acids is 1. The summed E-state index contributed by atoms with van der Waals surface area (Å²) in [4.78, 5) is 17.9. The number of morpholine rings is 1. The molecule has 0 spiro atoms. The van der Waals surface area contributed by atoms with Crippen molar-refractivity contribution in [3.05, 3.63) is 119 Å². The average molecular weight is 575 g/mol. The number of aryl methyl sites for hydroxylation is 1. The maximum atomic E-state index is 10.8. The summed E-state index contributed by atoms with van der Waals surface area (Å²) < 4.78 is 16.8. The van der Waals surface area contributed by atoms with Gasteiger partial charge in [0.05, 0.1) is 25.5 Å². The van der Waals surface area contributed by atoms with Crippen molar-refractivity contribution in [1.82, 2.24) is 9.88 Å². The van der Waals surface area contributed by atoms with Gasteiger partial charge in [-0.05, 0) is 66.1 Å². The van der Waals surface area contributed by atoms with Gasteiger partial charge in [-0.25, -0.2) is 4.79 Å². The van der Waals surface area contributed by atoms with Gasteiger partial charge in [0.1, 0.15) is 18.1 Å². The molecule has 5 rings (SSSR count). The summed E-state index contributed by atoms with van der Waals surface area (Å²) in [5.74, 6) is 6.73. The number of carboxylic acid groups (broad SMARTS) is 1. The molecule has 2 heterocycles.